The van der Waals surface area contributed by atoms with Crippen LogP contribution in [0, 0.1) is 5.92 Å². The van der Waals surface area contributed by atoms with Crippen molar-refractivity contribution in [2.75, 3.05) is 6.61 Å². The van der Waals surface area contributed by atoms with Gasteiger partial charge >= 0.3 is 10.4 Å². The first kappa shape index (κ1) is 13.8. The van der Waals surface area contributed by atoms with Gasteiger partial charge in [-0.1, -0.05) is 13.8 Å². The van der Waals surface area contributed by atoms with Gasteiger partial charge in [-0.3, -0.25) is 4.55 Å². The second kappa shape index (κ2) is 6.34. The maximum absolute atomic E-state index is 10.5. The molecule has 86 valence electrons. The quantitative estimate of drug-likeness (QED) is 0.632. The fourth-order valence-corrected chi connectivity index (χ4v) is 1.74. The van der Waals surface area contributed by atoms with Crippen LogP contribution in [0.4, 0.5) is 0 Å². The number of rotatable bonds is 7. The molecule has 0 aromatic carbocycles. The van der Waals surface area contributed by atoms with Crippen molar-refractivity contribution >= 4 is 10.4 Å². The Morgan fingerprint density at radius 3 is 2.29 bits per heavy atom. The first-order valence-corrected chi connectivity index (χ1v) is 5.98. The molecule has 0 fully saturated rings. The van der Waals surface area contributed by atoms with Crippen molar-refractivity contribution in [2.45, 2.75) is 39.2 Å². The topological polar surface area (TPSA) is 83.8 Å². The molecule has 14 heavy (non-hydrogen) atoms. The van der Waals surface area contributed by atoms with Crippen molar-refractivity contribution in [1.29, 1.82) is 0 Å². The molecule has 0 aliphatic rings. The van der Waals surface area contributed by atoms with Gasteiger partial charge in [-0.05, 0) is 25.2 Å². The molecule has 0 rings (SSSR count). The maximum atomic E-state index is 10.5. The summed E-state index contributed by atoms with van der Waals surface area (Å²) in [5.74, 6) is 0.278. The van der Waals surface area contributed by atoms with Crippen LogP contribution in [0.1, 0.15) is 33.1 Å². The standard InChI is InChI=1S/C8H18O5S/c1-7(2)6-8(4-3-5-9)13-14(10,11)12/h7-9H,3-6H2,1-2H3,(H,10,11,12). The van der Waals surface area contributed by atoms with Crippen LogP contribution in [0.5, 0.6) is 0 Å². The van der Waals surface area contributed by atoms with E-state index in [0.717, 1.165) is 0 Å². The highest BCUT2D eigenvalue weighted by atomic mass is 32.3. The third kappa shape index (κ3) is 8.43. The van der Waals surface area contributed by atoms with Gasteiger partial charge in [0.05, 0.1) is 6.10 Å². The summed E-state index contributed by atoms with van der Waals surface area (Å²) >= 11 is 0. The van der Waals surface area contributed by atoms with E-state index in [-0.39, 0.29) is 12.5 Å². The van der Waals surface area contributed by atoms with Crippen LogP contribution in [0.3, 0.4) is 0 Å². The van der Waals surface area contributed by atoms with Crippen LogP contribution in [0.15, 0.2) is 0 Å². The van der Waals surface area contributed by atoms with Gasteiger partial charge in [0.1, 0.15) is 0 Å². The Morgan fingerprint density at radius 2 is 1.93 bits per heavy atom. The summed E-state index contributed by atoms with van der Waals surface area (Å²) in [5.41, 5.74) is 0. The van der Waals surface area contributed by atoms with Crippen LogP contribution in [-0.4, -0.2) is 30.8 Å². The molecule has 0 aromatic rings. The Hall–Kier alpha value is -0.170. The van der Waals surface area contributed by atoms with Gasteiger partial charge < -0.3 is 5.11 Å². The lowest BCUT2D eigenvalue weighted by atomic mass is 10.0. The Kier molecular flexibility index (Phi) is 6.26. The summed E-state index contributed by atoms with van der Waals surface area (Å²) in [6.07, 6.45) is 0.887. The predicted molar refractivity (Wildman–Crippen MR) is 52.2 cm³/mol. The molecule has 0 saturated carbocycles. The van der Waals surface area contributed by atoms with Crippen LogP contribution in [-0.2, 0) is 14.6 Å². The lowest BCUT2D eigenvalue weighted by Gasteiger charge is -2.16. The summed E-state index contributed by atoms with van der Waals surface area (Å²) in [6, 6.07) is 0. The predicted octanol–water partition coefficient (Wildman–Crippen LogP) is 0.993. The molecule has 1 unspecified atom stereocenters. The second-order valence-corrected chi connectivity index (χ2v) is 4.69. The lowest BCUT2D eigenvalue weighted by molar-refractivity contribution is 0.139. The fraction of sp³-hybridized carbons (Fsp3) is 1.00. The Balaban J connectivity index is 4.10. The van der Waals surface area contributed by atoms with Crippen molar-refractivity contribution in [3.05, 3.63) is 0 Å². The molecule has 6 heteroatoms. The van der Waals surface area contributed by atoms with Gasteiger partial charge in [-0.15, -0.1) is 0 Å². The second-order valence-electron chi connectivity index (χ2n) is 3.64. The normalized spacial score (nSPS) is 14.6. The van der Waals surface area contributed by atoms with E-state index in [0.29, 0.717) is 19.3 Å². The minimum Gasteiger partial charge on any atom is -0.396 e. The molecule has 5 nitrogen and oxygen atoms in total. The molecule has 2 N–H and O–H groups in total. The zero-order valence-electron chi connectivity index (χ0n) is 8.51. The van der Waals surface area contributed by atoms with E-state index in [4.69, 9.17) is 9.66 Å². The average Bonchev–Trinajstić information content (AvgIpc) is 1.96. The van der Waals surface area contributed by atoms with E-state index in [1.807, 2.05) is 13.8 Å². The molecule has 0 amide bonds. The van der Waals surface area contributed by atoms with E-state index in [9.17, 15) is 8.42 Å². The first-order valence-electron chi connectivity index (χ1n) is 4.61. The van der Waals surface area contributed by atoms with Gasteiger partial charge in [0, 0.05) is 6.61 Å². The fourth-order valence-electron chi connectivity index (χ4n) is 1.22. The van der Waals surface area contributed by atoms with Crippen molar-refractivity contribution < 1.29 is 22.3 Å². The minimum absolute atomic E-state index is 0.0105. The number of aliphatic hydroxyl groups excluding tert-OH is 1. The first-order chi connectivity index (χ1) is 6.35. The zero-order chi connectivity index (χ0) is 11.2. The van der Waals surface area contributed by atoms with E-state index in [1.54, 1.807) is 0 Å². The van der Waals surface area contributed by atoms with E-state index in [2.05, 4.69) is 4.18 Å². The van der Waals surface area contributed by atoms with Gasteiger partial charge in [-0.2, -0.15) is 8.42 Å². The highest BCUT2D eigenvalue weighted by Crippen LogP contribution is 2.15. The highest BCUT2D eigenvalue weighted by Gasteiger charge is 2.17. The summed E-state index contributed by atoms with van der Waals surface area (Å²) in [6.45, 7) is 3.85. The molecule has 0 bridgehead atoms. The zero-order valence-corrected chi connectivity index (χ0v) is 9.33. The maximum Gasteiger partial charge on any atom is 0.397 e. The molecule has 0 heterocycles. The molecular weight excluding hydrogens is 208 g/mol. The van der Waals surface area contributed by atoms with Crippen molar-refractivity contribution in [2.24, 2.45) is 5.92 Å². The summed E-state index contributed by atoms with van der Waals surface area (Å²) in [4.78, 5) is 0. The Labute approximate surface area is 85.0 Å². The van der Waals surface area contributed by atoms with Crippen LogP contribution in [0.25, 0.3) is 0 Å². The molecule has 0 aliphatic carbocycles. The largest absolute Gasteiger partial charge is 0.397 e. The van der Waals surface area contributed by atoms with Gasteiger partial charge in [0.25, 0.3) is 0 Å². The Morgan fingerprint density at radius 1 is 1.36 bits per heavy atom. The molecule has 1 atom stereocenters. The molecular formula is C8H18O5S. The van der Waals surface area contributed by atoms with Gasteiger partial charge in [0.2, 0.25) is 0 Å². The third-order valence-electron chi connectivity index (χ3n) is 1.68. The SMILES string of the molecule is CC(C)CC(CCCO)OS(=O)(=O)O. The van der Waals surface area contributed by atoms with Crippen molar-refractivity contribution in [3.8, 4) is 0 Å². The van der Waals surface area contributed by atoms with Gasteiger partial charge in [0.15, 0.2) is 0 Å². The van der Waals surface area contributed by atoms with Crippen LogP contribution in [0.2, 0.25) is 0 Å². The van der Waals surface area contributed by atoms with E-state index >= 15 is 0 Å². The third-order valence-corrected chi connectivity index (χ3v) is 2.19. The van der Waals surface area contributed by atoms with E-state index in [1.165, 1.54) is 0 Å². The minimum atomic E-state index is -4.38. The lowest BCUT2D eigenvalue weighted by Crippen LogP contribution is -2.20. The van der Waals surface area contributed by atoms with E-state index < -0.39 is 16.5 Å². The average molecular weight is 226 g/mol. The monoisotopic (exact) mass is 226 g/mol. The molecule has 0 saturated heterocycles. The molecule has 0 spiro atoms. The smallest absolute Gasteiger partial charge is 0.396 e. The summed E-state index contributed by atoms with van der Waals surface area (Å²) < 4.78 is 33.9. The number of hydrogen-bond donors (Lipinski definition) is 2. The van der Waals surface area contributed by atoms with Crippen LogP contribution >= 0.6 is 0 Å². The Bertz CT molecular complexity index is 234. The van der Waals surface area contributed by atoms with Gasteiger partial charge in [-0.25, -0.2) is 4.18 Å². The van der Waals surface area contributed by atoms with Crippen LogP contribution < -0.4 is 0 Å². The highest BCUT2D eigenvalue weighted by molar-refractivity contribution is 7.80. The number of hydrogen-bond acceptors (Lipinski definition) is 4. The molecule has 0 radical (unpaired) electrons. The molecule has 0 aromatic heterocycles. The summed E-state index contributed by atoms with van der Waals surface area (Å²) in [5, 5.41) is 8.58. The molecule has 0 aliphatic heterocycles. The number of aliphatic hydroxyl groups is 1. The summed E-state index contributed by atoms with van der Waals surface area (Å²) in [7, 11) is -4.38. The van der Waals surface area contributed by atoms with Crippen molar-refractivity contribution in [3.63, 3.8) is 0 Å². The van der Waals surface area contributed by atoms with Crippen molar-refractivity contribution in [1.82, 2.24) is 0 Å².